The number of nitrogens with one attached hydrogen (secondary N) is 1. The molecule has 0 spiro atoms. The lowest BCUT2D eigenvalue weighted by Gasteiger charge is -2.27. The highest BCUT2D eigenvalue weighted by Gasteiger charge is 2.28. The summed E-state index contributed by atoms with van der Waals surface area (Å²) < 4.78 is 6.11. The lowest BCUT2D eigenvalue weighted by molar-refractivity contribution is -0.645. The first-order valence-electron chi connectivity index (χ1n) is 10.2. The van der Waals surface area contributed by atoms with Gasteiger partial charge in [0.25, 0.3) is 10.9 Å². The van der Waals surface area contributed by atoms with Gasteiger partial charge in [-0.2, -0.15) is 4.73 Å². The molecule has 166 valence electrons. The number of ether oxygens (including phenoxy) is 1. The Morgan fingerprint density at radius 3 is 2.59 bits per heavy atom. The van der Waals surface area contributed by atoms with E-state index in [4.69, 9.17) is 4.74 Å². The van der Waals surface area contributed by atoms with Crippen LogP contribution in [0.1, 0.15) is 15.9 Å². The fourth-order valence-electron chi connectivity index (χ4n) is 3.48. The van der Waals surface area contributed by atoms with Crippen LogP contribution >= 0.6 is 23.1 Å². The summed E-state index contributed by atoms with van der Waals surface area (Å²) in [6.45, 7) is 3.97. The zero-order valence-corrected chi connectivity index (χ0v) is 19.2. The lowest BCUT2D eigenvalue weighted by Crippen LogP contribution is -2.41. The summed E-state index contributed by atoms with van der Waals surface area (Å²) in [6, 6.07) is 14.9. The number of thioether (sulfide) groups is 1. The fourth-order valence-corrected chi connectivity index (χ4v) is 5.41. The first-order valence-corrected chi connectivity index (χ1v) is 12.0. The number of thiophene rings is 1. The molecule has 2 amide bonds. The largest absolute Gasteiger partial charge is 0.618 e. The van der Waals surface area contributed by atoms with Crippen LogP contribution in [0.25, 0.3) is 10.4 Å². The monoisotopic (exact) mass is 469 g/mol. The van der Waals surface area contributed by atoms with Crippen LogP contribution in [0.4, 0.5) is 5.00 Å². The number of anilines is 1. The molecule has 1 aliphatic heterocycles. The number of hydrogen-bond acceptors (Lipinski definition) is 6. The average molecular weight is 470 g/mol. The maximum Gasteiger partial charge on any atom is 0.257 e. The minimum absolute atomic E-state index is 0.0645. The predicted octanol–water partition coefficient (Wildman–Crippen LogP) is 3.56. The van der Waals surface area contributed by atoms with Gasteiger partial charge >= 0.3 is 0 Å². The normalized spacial score (nSPS) is 13.7. The van der Waals surface area contributed by atoms with Gasteiger partial charge in [0, 0.05) is 30.1 Å². The highest BCUT2D eigenvalue weighted by Crippen LogP contribution is 2.40. The Balaban J connectivity index is 1.60. The summed E-state index contributed by atoms with van der Waals surface area (Å²) in [4.78, 5) is 28.8. The topological polar surface area (TPSA) is 85.6 Å². The van der Waals surface area contributed by atoms with Crippen molar-refractivity contribution in [2.75, 3.05) is 37.4 Å². The van der Waals surface area contributed by atoms with Crippen LogP contribution in [0.3, 0.4) is 0 Å². The summed E-state index contributed by atoms with van der Waals surface area (Å²) >= 11 is 2.55. The Labute approximate surface area is 194 Å². The first kappa shape index (κ1) is 22.3. The Kier molecular flexibility index (Phi) is 7.09. The predicted molar refractivity (Wildman–Crippen MR) is 126 cm³/mol. The number of amides is 2. The van der Waals surface area contributed by atoms with Crippen LogP contribution in [0.15, 0.2) is 59.8 Å². The Bertz CT molecular complexity index is 1110. The third kappa shape index (κ3) is 4.95. The number of benzene rings is 1. The fraction of sp³-hybridized carbons (Fsp3) is 0.261. The number of hydrogen-bond donors (Lipinski definition) is 1. The number of morpholine rings is 1. The quantitative estimate of drug-likeness (QED) is 0.339. The summed E-state index contributed by atoms with van der Waals surface area (Å²) in [5, 5.41) is 15.7. The second-order valence-corrected chi connectivity index (χ2v) is 9.25. The number of pyridine rings is 1. The molecule has 0 unspecified atom stereocenters. The van der Waals surface area contributed by atoms with Crippen LogP contribution in [-0.4, -0.2) is 48.8 Å². The molecule has 1 aliphatic rings. The van der Waals surface area contributed by atoms with E-state index in [0.29, 0.717) is 41.9 Å². The third-order valence-corrected chi connectivity index (χ3v) is 7.36. The SMILES string of the molecule is Cc1c(-c2ccccc2)sc(NC(=O)CSc2cccc[n+]2[O-])c1C(=O)N1CCOCC1. The van der Waals surface area contributed by atoms with E-state index in [2.05, 4.69) is 5.32 Å². The van der Waals surface area contributed by atoms with Gasteiger partial charge in [0.1, 0.15) is 5.00 Å². The molecule has 1 N–H and O–H groups in total. The van der Waals surface area contributed by atoms with Crippen molar-refractivity contribution in [2.45, 2.75) is 11.9 Å². The molecule has 0 bridgehead atoms. The van der Waals surface area contributed by atoms with E-state index in [9.17, 15) is 14.8 Å². The molecule has 3 heterocycles. The van der Waals surface area contributed by atoms with E-state index < -0.39 is 0 Å². The summed E-state index contributed by atoms with van der Waals surface area (Å²) in [5.41, 5.74) is 2.37. The van der Waals surface area contributed by atoms with Crippen molar-refractivity contribution >= 4 is 39.9 Å². The van der Waals surface area contributed by atoms with Gasteiger partial charge < -0.3 is 20.2 Å². The van der Waals surface area contributed by atoms with Crippen molar-refractivity contribution in [1.82, 2.24) is 4.90 Å². The molecule has 0 saturated carbocycles. The molecule has 1 fully saturated rings. The van der Waals surface area contributed by atoms with Gasteiger partial charge in [-0.3, -0.25) is 9.59 Å². The van der Waals surface area contributed by atoms with E-state index in [1.54, 1.807) is 23.1 Å². The van der Waals surface area contributed by atoms with Gasteiger partial charge in [0.2, 0.25) is 5.91 Å². The Morgan fingerprint density at radius 1 is 1.16 bits per heavy atom. The van der Waals surface area contributed by atoms with Crippen LogP contribution < -0.4 is 10.0 Å². The molecule has 1 aromatic carbocycles. The minimum atomic E-state index is -0.268. The van der Waals surface area contributed by atoms with Crippen molar-refractivity contribution in [3.8, 4) is 10.4 Å². The smallest absolute Gasteiger partial charge is 0.257 e. The first-order chi connectivity index (χ1) is 15.5. The number of aromatic nitrogens is 1. The maximum absolute atomic E-state index is 13.4. The van der Waals surface area contributed by atoms with Crippen LogP contribution in [-0.2, 0) is 9.53 Å². The number of nitrogens with zero attached hydrogens (tertiary/aromatic N) is 2. The second kappa shape index (κ2) is 10.2. The highest BCUT2D eigenvalue weighted by molar-refractivity contribution is 7.99. The molecule has 0 atom stereocenters. The van der Waals surface area contributed by atoms with E-state index in [-0.39, 0.29) is 17.6 Å². The average Bonchev–Trinajstić information content (AvgIpc) is 3.14. The van der Waals surface area contributed by atoms with E-state index in [0.717, 1.165) is 32.5 Å². The van der Waals surface area contributed by atoms with E-state index in [1.807, 2.05) is 37.3 Å². The van der Waals surface area contributed by atoms with Gasteiger partial charge in [0.15, 0.2) is 6.20 Å². The highest BCUT2D eigenvalue weighted by atomic mass is 32.2. The molecule has 4 rings (SSSR count). The summed E-state index contributed by atoms with van der Waals surface area (Å²) in [7, 11) is 0. The zero-order chi connectivity index (χ0) is 22.5. The van der Waals surface area contributed by atoms with Crippen molar-refractivity contribution in [2.24, 2.45) is 0 Å². The van der Waals surface area contributed by atoms with Gasteiger partial charge in [-0.15, -0.1) is 11.3 Å². The molecule has 32 heavy (non-hydrogen) atoms. The van der Waals surface area contributed by atoms with Crippen LogP contribution in [0, 0.1) is 12.1 Å². The lowest BCUT2D eigenvalue weighted by atomic mass is 10.1. The van der Waals surface area contributed by atoms with E-state index in [1.165, 1.54) is 17.5 Å². The van der Waals surface area contributed by atoms with Gasteiger partial charge in [0.05, 0.1) is 24.5 Å². The molecule has 0 radical (unpaired) electrons. The van der Waals surface area contributed by atoms with Crippen LogP contribution in [0.5, 0.6) is 0 Å². The molecule has 7 nitrogen and oxygen atoms in total. The molecule has 0 aliphatic carbocycles. The van der Waals surface area contributed by atoms with Crippen molar-refractivity contribution < 1.29 is 19.1 Å². The van der Waals surface area contributed by atoms with Crippen molar-refractivity contribution in [3.05, 3.63) is 71.1 Å². The third-order valence-electron chi connectivity index (χ3n) is 5.09. The van der Waals surface area contributed by atoms with Gasteiger partial charge in [-0.05, 0) is 35.9 Å². The Morgan fingerprint density at radius 2 is 1.88 bits per heavy atom. The van der Waals surface area contributed by atoms with Gasteiger partial charge in [-0.25, -0.2) is 0 Å². The molecule has 9 heteroatoms. The standard InChI is InChI=1S/C23H23N3O4S2/c1-16-20(23(28)25-11-13-30-14-12-25)22(32-21(16)17-7-3-2-4-8-17)24-18(27)15-31-19-9-5-6-10-26(19)29/h2-10H,11-15H2,1H3,(H,24,27). The Hall–Kier alpha value is -2.88. The number of rotatable bonds is 6. The number of carbonyl (C=O) groups excluding carboxylic acids is 2. The molecular weight excluding hydrogens is 446 g/mol. The van der Waals surface area contributed by atoms with Crippen LogP contribution in [0.2, 0.25) is 0 Å². The molecular formula is C23H23N3O4S2. The molecule has 3 aromatic rings. The summed E-state index contributed by atoms with van der Waals surface area (Å²) in [6.07, 6.45) is 1.40. The second-order valence-electron chi connectivity index (χ2n) is 7.23. The summed E-state index contributed by atoms with van der Waals surface area (Å²) in [5.74, 6) is -0.307. The zero-order valence-electron chi connectivity index (χ0n) is 17.6. The maximum atomic E-state index is 13.4. The number of carbonyl (C=O) groups is 2. The molecule has 2 aromatic heterocycles. The minimum Gasteiger partial charge on any atom is -0.618 e. The van der Waals surface area contributed by atoms with Gasteiger partial charge in [-0.1, -0.05) is 30.3 Å². The van der Waals surface area contributed by atoms with E-state index >= 15 is 0 Å². The van der Waals surface area contributed by atoms with Crippen molar-refractivity contribution in [3.63, 3.8) is 0 Å². The van der Waals surface area contributed by atoms with Crippen molar-refractivity contribution in [1.29, 1.82) is 0 Å². The molecule has 1 saturated heterocycles.